The molecule has 1 aromatic carbocycles. The van der Waals surface area contributed by atoms with E-state index >= 15 is 0 Å². The highest BCUT2D eigenvalue weighted by Gasteiger charge is 2.33. The van der Waals surface area contributed by atoms with Crippen LogP contribution in [0.5, 0.6) is 0 Å². The summed E-state index contributed by atoms with van der Waals surface area (Å²) in [6, 6.07) is 4.43. The van der Waals surface area contributed by atoms with Crippen LogP contribution in [-0.2, 0) is 22.4 Å². The third-order valence-electron chi connectivity index (χ3n) is 8.55. The number of fused-ring (bicyclic) bond motifs is 1. The van der Waals surface area contributed by atoms with Gasteiger partial charge in [-0.3, -0.25) is 14.4 Å². The Balaban J connectivity index is 1.77. The molecule has 3 atom stereocenters. The van der Waals surface area contributed by atoms with Crippen molar-refractivity contribution in [2.24, 2.45) is 23.7 Å². The molecule has 0 aromatic heterocycles. The summed E-state index contributed by atoms with van der Waals surface area (Å²) < 4.78 is 0. The molecule has 0 aliphatic heterocycles. The van der Waals surface area contributed by atoms with Crippen molar-refractivity contribution in [3.8, 4) is 0 Å². The van der Waals surface area contributed by atoms with Crippen molar-refractivity contribution in [3.05, 3.63) is 34.4 Å². The monoisotopic (exact) mass is 466 g/mol. The van der Waals surface area contributed by atoms with Gasteiger partial charge in [0.2, 0.25) is 0 Å². The fraction of sp³-hybridized carbons (Fsp3) is 0.710. The van der Waals surface area contributed by atoms with Crippen molar-refractivity contribution >= 4 is 17.3 Å². The minimum Gasteiger partial charge on any atom is -0.300 e. The second kappa shape index (κ2) is 12.8. The molecular weight excluding hydrogens is 420 g/mol. The Labute approximate surface area is 207 Å². The third-order valence-corrected chi connectivity index (χ3v) is 8.55. The number of aryl methyl sites for hydroxylation is 2. The fourth-order valence-electron chi connectivity index (χ4n) is 6.87. The highest BCUT2D eigenvalue weighted by molar-refractivity contribution is 6.00. The van der Waals surface area contributed by atoms with Crippen LogP contribution in [-0.4, -0.2) is 17.3 Å². The predicted molar refractivity (Wildman–Crippen MR) is 139 cm³/mol. The highest BCUT2D eigenvalue weighted by atomic mass is 16.1. The first-order chi connectivity index (χ1) is 16.3. The highest BCUT2D eigenvalue weighted by Crippen LogP contribution is 2.38. The molecule has 3 unspecified atom stereocenters. The summed E-state index contributed by atoms with van der Waals surface area (Å²) in [6.07, 6.45) is 14.5. The van der Waals surface area contributed by atoms with Crippen LogP contribution in [0.4, 0.5) is 0 Å². The normalized spacial score (nSPS) is 20.6. The van der Waals surface area contributed by atoms with E-state index in [1.54, 1.807) is 0 Å². The minimum absolute atomic E-state index is 0.0430. The predicted octanol–water partition coefficient (Wildman–Crippen LogP) is 7.63. The summed E-state index contributed by atoms with van der Waals surface area (Å²) in [5.74, 6) is 1.68. The van der Waals surface area contributed by atoms with E-state index in [9.17, 15) is 14.4 Å². The van der Waals surface area contributed by atoms with Gasteiger partial charge >= 0.3 is 0 Å². The van der Waals surface area contributed by atoms with Gasteiger partial charge in [0, 0.05) is 17.9 Å². The second-order valence-electron chi connectivity index (χ2n) is 11.3. The lowest BCUT2D eigenvalue weighted by molar-refractivity contribution is -0.129. The van der Waals surface area contributed by atoms with Gasteiger partial charge in [0.15, 0.2) is 5.78 Å². The fourth-order valence-corrected chi connectivity index (χ4v) is 6.87. The Morgan fingerprint density at radius 2 is 1.76 bits per heavy atom. The molecule has 0 amide bonds. The van der Waals surface area contributed by atoms with Crippen LogP contribution in [0.15, 0.2) is 12.1 Å². The summed E-state index contributed by atoms with van der Waals surface area (Å²) in [4.78, 5) is 37.8. The maximum absolute atomic E-state index is 13.3. The maximum atomic E-state index is 13.3. The summed E-state index contributed by atoms with van der Waals surface area (Å²) in [5.41, 5.74) is 4.79. The average Bonchev–Trinajstić information content (AvgIpc) is 2.79. The van der Waals surface area contributed by atoms with Crippen molar-refractivity contribution in [1.82, 2.24) is 0 Å². The SMILES string of the molecule is CCCC(CC1CC(=O)c2c(C)ccc(CCC3CCCCC3)c2C1)C(CC)C(=O)CC(C)=O. The molecule has 3 nitrogen and oxygen atoms in total. The number of carbonyl (C=O) groups is 3. The van der Waals surface area contributed by atoms with Crippen molar-refractivity contribution < 1.29 is 14.4 Å². The van der Waals surface area contributed by atoms with Gasteiger partial charge < -0.3 is 0 Å². The smallest absolute Gasteiger partial charge is 0.163 e. The Hall–Kier alpha value is -1.77. The largest absolute Gasteiger partial charge is 0.300 e. The molecular formula is C31H46O3. The molecule has 3 heteroatoms. The van der Waals surface area contributed by atoms with Crippen molar-refractivity contribution in [2.75, 3.05) is 0 Å². The first-order valence-corrected chi connectivity index (χ1v) is 14.0. The van der Waals surface area contributed by atoms with Gasteiger partial charge in [-0.05, 0) is 80.4 Å². The van der Waals surface area contributed by atoms with Gasteiger partial charge in [0.25, 0.3) is 0 Å². The van der Waals surface area contributed by atoms with Gasteiger partial charge in [0.1, 0.15) is 11.6 Å². The van der Waals surface area contributed by atoms with E-state index in [4.69, 9.17) is 0 Å². The topological polar surface area (TPSA) is 51.2 Å². The Kier molecular flexibility index (Phi) is 10.1. The lowest BCUT2D eigenvalue weighted by Gasteiger charge is -2.33. The lowest BCUT2D eigenvalue weighted by Crippen LogP contribution is -2.30. The van der Waals surface area contributed by atoms with E-state index in [0.717, 1.165) is 55.6 Å². The molecule has 1 aromatic rings. The van der Waals surface area contributed by atoms with Gasteiger partial charge in [-0.15, -0.1) is 0 Å². The van der Waals surface area contributed by atoms with Crippen LogP contribution < -0.4 is 0 Å². The quantitative estimate of drug-likeness (QED) is 0.297. The standard InChI is InChI=1S/C31H46O3/c1-5-10-26(27(6-2)29(33)17-22(4)32)18-24-19-28-25(16-14-23-11-8-7-9-12-23)15-13-21(3)31(28)30(34)20-24/h13,15,23-24,26-27H,5-12,14,16-20H2,1-4H3. The zero-order chi connectivity index (χ0) is 24.7. The van der Waals surface area contributed by atoms with Crippen LogP contribution in [0, 0.1) is 30.6 Å². The zero-order valence-electron chi connectivity index (χ0n) is 22.1. The Morgan fingerprint density at radius 3 is 2.41 bits per heavy atom. The van der Waals surface area contributed by atoms with Crippen molar-refractivity contribution in [3.63, 3.8) is 0 Å². The first kappa shape index (κ1) is 26.8. The average molecular weight is 467 g/mol. The summed E-state index contributed by atoms with van der Waals surface area (Å²) in [5, 5.41) is 0. The van der Waals surface area contributed by atoms with E-state index in [0.29, 0.717) is 18.1 Å². The molecule has 0 spiro atoms. The molecule has 3 rings (SSSR count). The lowest BCUT2D eigenvalue weighted by atomic mass is 9.71. The van der Waals surface area contributed by atoms with E-state index in [1.165, 1.54) is 56.6 Å². The van der Waals surface area contributed by atoms with Crippen LogP contribution >= 0.6 is 0 Å². The summed E-state index contributed by atoms with van der Waals surface area (Å²) >= 11 is 0. The van der Waals surface area contributed by atoms with E-state index in [-0.39, 0.29) is 29.8 Å². The van der Waals surface area contributed by atoms with E-state index in [1.807, 2.05) is 0 Å². The second-order valence-corrected chi connectivity index (χ2v) is 11.3. The number of rotatable bonds is 12. The number of Topliss-reactive ketones (excluding diaryl/α,β-unsaturated/α-hetero) is 3. The van der Waals surface area contributed by atoms with Crippen LogP contribution in [0.3, 0.4) is 0 Å². The molecule has 1 fully saturated rings. The minimum atomic E-state index is -0.0661. The molecule has 0 bridgehead atoms. The number of hydrogen-bond donors (Lipinski definition) is 0. The molecule has 34 heavy (non-hydrogen) atoms. The molecule has 188 valence electrons. The summed E-state index contributed by atoms with van der Waals surface area (Å²) in [7, 11) is 0. The molecule has 0 N–H and O–H groups in total. The molecule has 0 saturated heterocycles. The van der Waals surface area contributed by atoms with Crippen molar-refractivity contribution in [1.29, 1.82) is 0 Å². The number of benzene rings is 1. The molecule has 0 radical (unpaired) electrons. The maximum Gasteiger partial charge on any atom is 0.163 e. The van der Waals surface area contributed by atoms with Gasteiger partial charge in [0.05, 0.1) is 6.42 Å². The summed E-state index contributed by atoms with van der Waals surface area (Å²) in [6.45, 7) is 7.82. The Bertz CT molecular complexity index is 862. The van der Waals surface area contributed by atoms with Crippen LogP contribution in [0.2, 0.25) is 0 Å². The number of carbonyl (C=O) groups excluding carboxylic acids is 3. The van der Waals surface area contributed by atoms with Crippen molar-refractivity contribution in [2.45, 2.75) is 118 Å². The Morgan fingerprint density at radius 1 is 1.03 bits per heavy atom. The van der Waals surface area contributed by atoms with Gasteiger partial charge in [-0.2, -0.15) is 0 Å². The van der Waals surface area contributed by atoms with Gasteiger partial charge in [-0.1, -0.05) is 70.9 Å². The molecule has 2 aliphatic carbocycles. The van der Waals surface area contributed by atoms with E-state index < -0.39 is 0 Å². The third kappa shape index (κ3) is 6.89. The van der Waals surface area contributed by atoms with Gasteiger partial charge in [-0.25, -0.2) is 0 Å². The molecule has 0 heterocycles. The zero-order valence-corrected chi connectivity index (χ0v) is 22.1. The molecule has 2 aliphatic rings. The number of ketones is 3. The van der Waals surface area contributed by atoms with E-state index in [2.05, 4.69) is 32.9 Å². The first-order valence-electron chi connectivity index (χ1n) is 14.0. The van der Waals surface area contributed by atoms with Crippen LogP contribution in [0.1, 0.15) is 125 Å². The molecule has 1 saturated carbocycles. The number of hydrogen-bond acceptors (Lipinski definition) is 3. The van der Waals surface area contributed by atoms with Crippen LogP contribution in [0.25, 0.3) is 0 Å².